The fraction of sp³-hybridized carbons (Fsp3) is 0.278. The smallest absolute Gasteiger partial charge is 0.191 e. The van der Waals surface area contributed by atoms with Crippen molar-refractivity contribution in [3.05, 3.63) is 68.9 Å². The lowest BCUT2D eigenvalue weighted by Crippen LogP contribution is -2.39. The van der Waals surface area contributed by atoms with Crippen LogP contribution in [0.3, 0.4) is 0 Å². The SMILES string of the molecule is I.c1coc(CCNC(=NCc2ccsc2)NCCc2cccs2)c1. The van der Waals surface area contributed by atoms with Gasteiger partial charge in [-0.25, -0.2) is 4.99 Å². The molecule has 3 aromatic heterocycles. The van der Waals surface area contributed by atoms with Gasteiger partial charge in [0, 0.05) is 24.4 Å². The van der Waals surface area contributed by atoms with Crippen LogP contribution < -0.4 is 10.6 Å². The van der Waals surface area contributed by atoms with Crippen molar-refractivity contribution >= 4 is 52.6 Å². The van der Waals surface area contributed by atoms with Crippen molar-refractivity contribution in [3.8, 4) is 0 Å². The van der Waals surface area contributed by atoms with Gasteiger partial charge in [-0.1, -0.05) is 6.07 Å². The van der Waals surface area contributed by atoms with E-state index in [1.807, 2.05) is 12.1 Å². The summed E-state index contributed by atoms with van der Waals surface area (Å²) in [7, 11) is 0. The van der Waals surface area contributed by atoms with Crippen LogP contribution in [-0.2, 0) is 19.4 Å². The molecule has 0 aliphatic carbocycles. The lowest BCUT2D eigenvalue weighted by atomic mass is 10.3. The largest absolute Gasteiger partial charge is 0.469 e. The highest BCUT2D eigenvalue weighted by Gasteiger charge is 2.02. The van der Waals surface area contributed by atoms with Crippen LogP contribution in [0.5, 0.6) is 0 Å². The fourth-order valence-electron chi connectivity index (χ4n) is 2.25. The van der Waals surface area contributed by atoms with Crippen molar-refractivity contribution in [2.45, 2.75) is 19.4 Å². The monoisotopic (exact) mass is 487 g/mol. The zero-order chi connectivity index (χ0) is 16.5. The summed E-state index contributed by atoms with van der Waals surface area (Å²) in [6, 6.07) is 10.3. The maximum atomic E-state index is 5.37. The van der Waals surface area contributed by atoms with Crippen LogP contribution in [0.15, 0.2) is 62.1 Å². The molecular weight excluding hydrogens is 465 g/mol. The summed E-state index contributed by atoms with van der Waals surface area (Å²) in [6.07, 6.45) is 3.56. The van der Waals surface area contributed by atoms with E-state index in [0.29, 0.717) is 6.54 Å². The quantitative estimate of drug-likeness (QED) is 0.279. The van der Waals surface area contributed by atoms with E-state index < -0.39 is 0 Å². The predicted octanol–water partition coefficient (Wildman–Crippen LogP) is 4.54. The molecule has 0 saturated carbocycles. The molecule has 2 N–H and O–H groups in total. The minimum absolute atomic E-state index is 0. The van der Waals surface area contributed by atoms with Crippen LogP contribution in [0.1, 0.15) is 16.2 Å². The number of thiophene rings is 2. The van der Waals surface area contributed by atoms with Gasteiger partial charge in [-0.15, -0.1) is 35.3 Å². The average Bonchev–Trinajstić information content (AvgIpc) is 3.34. The Kier molecular flexibility index (Phi) is 9.06. The van der Waals surface area contributed by atoms with Gasteiger partial charge in [0.05, 0.1) is 12.8 Å². The second-order valence-electron chi connectivity index (χ2n) is 5.31. The Balaban J connectivity index is 0.00000225. The van der Waals surface area contributed by atoms with E-state index in [0.717, 1.165) is 37.7 Å². The first-order valence-corrected chi connectivity index (χ1v) is 9.80. The van der Waals surface area contributed by atoms with Gasteiger partial charge in [-0.3, -0.25) is 0 Å². The molecule has 0 aliphatic heterocycles. The Bertz CT molecular complexity index is 667. The zero-order valence-corrected chi connectivity index (χ0v) is 17.8. The Morgan fingerprint density at radius 1 is 1.04 bits per heavy atom. The summed E-state index contributed by atoms with van der Waals surface area (Å²) in [5.41, 5.74) is 1.24. The number of hydrogen-bond acceptors (Lipinski definition) is 4. The third kappa shape index (κ3) is 7.21. The van der Waals surface area contributed by atoms with Crippen molar-refractivity contribution in [2.75, 3.05) is 13.1 Å². The van der Waals surface area contributed by atoms with Gasteiger partial charge in [0.15, 0.2) is 5.96 Å². The molecule has 134 valence electrons. The Morgan fingerprint density at radius 3 is 2.60 bits per heavy atom. The molecule has 0 aromatic carbocycles. The van der Waals surface area contributed by atoms with Crippen molar-refractivity contribution < 1.29 is 4.42 Å². The maximum absolute atomic E-state index is 5.37. The van der Waals surface area contributed by atoms with Crippen molar-refractivity contribution in [1.29, 1.82) is 0 Å². The number of nitrogens with zero attached hydrogens (tertiary/aromatic N) is 1. The van der Waals surface area contributed by atoms with Crippen LogP contribution in [0.25, 0.3) is 0 Å². The van der Waals surface area contributed by atoms with Gasteiger partial charge in [0.25, 0.3) is 0 Å². The van der Waals surface area contributed by atoms with Crippen LogP contribution in [-0.4, -0.2) is 19.0 Å². The molecule has 0 radical (unpaired) electrons. The Hall–Kier alpha value is -1.32. The van der Waals surface area contributed by atoms with E-state index in [4.69, 9.17) is 4.42 Å². The highest BCUT2D eigenvalue weighted by atomic mass is 127. The molecule has 0 fully saturated rings. The summed E-state index contributed by atoms with van der Waals surface area (Å²) < 4.78 is 5.37. The Morgan fingerprint density at radius 2 is 1.92 bits per heavy atom. The summed E-state index contributed by atoms with van der Waals surface area (Å²) in [5.74, 6) is 1.84. The minimum Gasteiger partial charge on any atom is -0.469 e. The minimum atomic E-state index is 0. The van der Waals surface area contributed by atoms with Gasteiger partial charge in [-0.2, -0.15) is 11.3 Å². The second-order valence-corrected chi connectivity index (χ2v) is 7.12. The summed E-state index contributed by atoms with van der Waals surface area (Å²) >= 11 is 3.49. The first kappa shape index (κ1) is 20.0. The zero-order valence-electron chi connectivity index (χ0n) is 13.8. The van der Waals surface area contributed by atoms with E-state index in [1.54, 1.807) is 28.9 Å². The average molecular weight is 487 g/mol. The van der Waals surface area contributed by atoms with Crippen LogP contribution in [0, 0.1) is 0 Å². The molecule has 0 atom stereocenters. The topological polar surface area (TPSA) is 49.6 Å². The van der Waals surface area contributed by atoms with Crippen molar-refractivity contribution in [1.82, 2.24) is 10.6 Å². The number of furan rings is 1. The van der Waals surface area contributed by atoms with Gasteiger partial charge in [-0.05, 0) is 52.4 Å². The van der Waals surface area contributed by atoms with Crippen molar-refractivity contribution in [2.24, 2.45) is 4.99 Å². The Labute approximate surface area is 173 Å². The molecule has 3 heterocycles. The van der Waals surface area contributed by atoms with E-state index in [2.05, 4.69) is 50.0 Å². The number of aliphatic imine (C=N–C) groups is 1. The van der Waals surface area contributed by atoms with Crippen LogP contribution >= 0.6 is 46.7 Å². The molecular formula is C18H22IN3OS2. The lowest BCUT2D eigenvalue weighted by molar-refractivity contribution is 0.506. The highest BCUT2D eigenvalue weighted by Crippen LogP contribution is 2.08. The first-order valence-electron chi connectivity index (χ1n) is 7.98. The molecule has 0 bridgehead atoms. The summed E-state index contributed by atoms with van der Waals surface area (Å²) in [4.78, 5) is 6.06. The first-order chi connectivity index (χ1) is 11.9. The molecule has 0 spiro atoms. The third-order valence-electron chi connectivity index (χ3n) is 3.49. The molecule has 0 amide bonds. The number of rotatable bonds is 8. The molecule has 0 saturated heterocycles. The van der Waals surface area contributed by atoms with Crippen molar-refractivity contribution in [3.63, 3.8) is 0 Å². The van der Waals surface area contributed by atoms with E-state index in [-0.39, 0.29) is 24.0 Å². The van der Waals surface area contributed by atoms with E-state index in [9.17, 15) is 0 Å². The molecule has 0 unspecified atom stereocenters. The summed E-state index contributed by atoms with van der Waals surface area (Å²) in [5, 5.41) is 13.1. The molecule has 3 rings (SSSR count). The van der Waals surface area contributed by atoms with Gasteiger partial charge >= 0.3 is 0 Å². The number of nitrogens with one attached hydrogen (secondary N) is 2. The van der Waals surface area contributed by atoms with Gasteiger partial charge in [0.2, 0.25) is 0 Å². The molecule has 25 heavy (non-hydrogen) atoms. The normalized spacial score (nSPS) is 11.1. The molecule has 3 aromatic rings. The number of hydrogen-bond donors (Lipinski definition) is 2. The van der Waals surface area contributed by atoms with E-state index >= 15 is 0 Å². The second kappa shape index (κ2) is 11.3. The highest BCUT2D eigenvalue weighted by molar-refractivity contribution is 14.0. The van der Waals surface area contributed by atoms with Crippen LogP contribution in [0.2, 0.25) is 0 Å². The standard InChI is InChI=1S/C18H21N3OS2.HI/c1-3-16(22-10-1)5-8-19-18(21-13-15-7-12-23-14-15)20-9-6-17-4-2-11-24-17;/h1-4,7,10-12,14H,5-6,8-9,13H2,(H2,19,20,21);1H. The third-order valence-corrected chi connectivity index (χ3v) is 5.16. The number of guanidine groups is 1. The fourth-order valence-corrected chi connectivity index (χ4v) is 3.61. The van der Waals surface area contributed by atoms with Gasteiger partial charge < -0.3 is 15.1 Å². The number of halogens is 1. The maximum Gasteiger partial charge on any atom is 0.191 e. The molecule has 4 nitrogen and oxygen atoms in total. The van der Waals surface area contributed by atoms with Crippen LogP contribution in [0.4, 0.5) is 0 Å². The summed E-state index contributed by atoms with van der Waals surface area (Å²) in [6.45, 7) is 2.36. The molecule has 0 aliphatic rings. The predicted molar refractivity (Wildman–Crippen MR) is 117 cm³/mol. The van der Waals surface area contributed by atoms with Gasteiger partial charge in [0.1, 0.15) is 5.76 Å². The molecule has 7 heteroatoms. The van der Waals surface area contributed by atoms with E-state index in [1.165, 1.54) is 10.4 Å². The lowest BCUT2D eigenvalue weighted by Gasteiger charge is -2.12.